The van der Waals surface area contributed by atoms with Gasteiger partial charge in [-0.15, -0.1) is 0 Å². The summed E-state index contributed by atoms with van der Waals surface area (Å²) in [5, 5.41) is 3.40. The van der Waals surface area contributed by atoms with Crippen LogP contribution in [0.2, 0.25) is 0 Å². The summed E-state index contributed by atoms with van der Waals surface area (Å²) in [6.07, 6.45) is 0.851. The molecule has 1 atom stereocenters. The van der Waals surface area contributed by atoms with E-state index in [-0.39, 0.29) is 11.6 Å². The highest BCUT2D eigenvalue weighted by Gasteiger charge is 2.32. The van der Waals surface area contributed by atoms with Crippen LogP contribution < -0.4 is 10.2 Å². The summed E-state index contributed by atoms with van der Waals surface area (Å²) in [6.45, 7) is 7.44. The van der Waals surface area contributed by atoms with Crippen LogP contribution in [0.25, 0.3) is 0 Å². The first-order valence-corrected chi connectivity index (χ1v) is 6.50. The number of anilines is 1. The Morgan fingerprint density at radius 3 is 2.37 bits per heavy atom. The third-order valence-electron chi connectivity index (χ3n) is 3.59. The van der Waals surface area contributed by atoms with Gasteiger partial charge in [0.2, 0.25) is 0 Å². The summed E-state index contributed by atoms with van der Waals surface area (Å²) in [4.78, 5) is 1.95. The summed E-state index contributed by atoms with van der Waals surface area (Å²) >= 11 is 0. The van der Waals surface area contributed by atoms with Crippen molar-refractivity contribution < 1.29 is 13.2 Å². The van der Waals surface area contributed by atoms with Crippen LogP contribution in [-0.4, -0.2) is 24.7 Å². The lowest BCUT2D eigenvalue weighted by atomic mass is 9.97. The number of nitrogens with one attached hydrogen (secondary N) is 1. The lowest BCUT2D eigenvalue weighted by molar-refractivity contribution is 0.305. The molecule has 1 aromatic rings. The number of hydrogen-bond acceptors (Lipinski definition) is 2. The number of hydrogen-bond donors (Lipinski definition) is 1. The minimum absolute atomic E-state index is 0.146. The first kappa shape index (κ1) is 14.2. The van der Waals surface area contributed by atoms with Gasteiger partial charge < -0.3 is 10.2 Å². The largest absolute Gasteiger partial charge is 0.365 e. The van der Waals surface area contributed by atoms with E-state index in [4.69, 9.17) is 0 Å². The molecule has 1 fully saturated rings. The molecule has 0 radical (unpaired) electrons. The van der Waals surface area contributed by atoms with E-state index in [0.29, 0.717) is 12.2 Å². The third-order valence-corrected chi connectivity index (χ3v) is 3.59. The molecule has 2 rings (SSSR count). The van der Waals surface area contributed by atoms with Gasteiger partial charge >= 0.3 is 0 Å². The van der Waals surface area contributed by atoms with Crippen molar-refractivity contribution in [2.24, 2.45) is 0 Å². The average molecular weight is 272 g/mol. The second-order valence-electron chi connectivity index (χ2n) is 5.68. The SMILES string of the molecule is CCC1CNC(C)(C)CN1c1cc(F)c(F)c(F)c1. The number of nitrogens with zero attached hydrogens (tertiary/aromatic N) is 1. The van der Waals surface area contributed by atoms with Crippen LogP contribution in [0.3, 0.4) is 0 Å². The minimum atomic E-state index is -1.41. The summed E-state index contributed by atoms with van der Waals surface area (Å²) in [7, 11) is 0. The Morgan fingerprint density at radius 1 is 1.26 bits per heavy atom. The summed E-state index contributed by atoms with van der Waals surface area (Å²) in [6, 6.07) is 2.29. The Morgan fingerprint density at radius 2 is 1.84 bits per heavy atom. The van der Waals surface area contributed by atoms with Gasteiger partial charge in [-0.3, -0.25) is 0 Å². The highest BCUT2D eigenvalue weighted by molar-refractivity contribution is 5.49. The van der Waals surface area contributed by atoms with Crippen LogP contribution in [0.4, 0.5) is 18.9 Å². The highest BCUT2D eigenvalue weighted by Crippen LogP contribution is 2.27. The fourth-order valence-electron chi connectivity index (χ4n) is 2.49. The maximum absolute atomic E-state index is 13.4. The average Bonchev–Trinajstić information content (AvgIpc) is 2.34. The molecule has 0 amide bonds. The molecular formula is C14H19F3N2. The van der Waals surface area contributed by atoms with Gasteiger partial charge in [0.15, 0.2) is 17.5 Å². The van der Waals surface area contributed by atoms with Gasteiger partial charge in [-0.25, -0.2) is 13.2 Å². The molecule has 1 unspecified atom stereocenters. The lowest BCUT2D eigenvalue weighted by Crippen LogP contribution is -2.61. The summed E-state index contributed by atoms with van der Waals surface area (Å²) < 4.78 is 39.8. The molecule has 0 aliphatic carbocycles. The molecule has 1 aromatic carbocycles. The maximum atomic E-state index is 13.4. The first-order valence-electron chi connectivity index (χ1n) is 6.50. The minimum Gasteiger partial charge on any atom is -0.365 e. The van der Waals surface area contributed by atoms with E-state index >= 15 is 0 Å². The fourth-order valence-corrected chi connectivity index (χ4v) is 2.49. The summed E-state index contributed by atoms with van der Waals surface area (Å²) in [5.74, 6) is -3.69. The van der Waals surface area contributed by atoms with Gasteiger partial charge in [-0.05, 0) is 20.3 Å². The molecule has 0 saturated carbocycles. The molecule has 0 bridgehead atoms. The number of piperazine rings is 1. The van der Waals surface area contributed by atoms with Crippen molar-refractivity contribution in [3.05, 3.63) is 29.6 Å². The van der Waals surface area contributed by atoms with Crippen LogP contribution >= 0.6 is 0 Å². The molecule has 1 aliphatic heterocycles. The monoisotopic (exact) mass is 272 g/mol. The van der Waals surface area contributed by atoms with E-state index in [0.717, 1.165) is 25.1 Å². The Hall–Kier alpha value is -1.23. The Bertz CT molecular complexity index is 451. The van der Waals surface area contributed by atoms with Crippen molar-refractivity contribution in [1.29, 1.82) is 0 Å². The van der Waals surface area contributed by atoms with Gasteiger partial charge in [0.25, 0.3) is 0 Å². The molecule has 0 spiro atoms. The first-order chi connectivity index (χ1) is 8.84. The molecule has 19 heavy (non-hydrogen) atoms. The van der Waals surface area contributed by atoms with E-state index in [1.165, 1.54) is 0 Å². The van der Waals surface area contributed by atoms with Crippen molar-refractivity contribution in [2.45, 2.75) is 38.8 Å². The lowest BCUT2D eigenvalue weighted by Gasteiger charge is -2.45. The zero-order valence-electron chi connectivity index (χ0n) is 11.4. The quantitative estimate of drug-likeness (QED) is 0.832. The smallest absolute Gasteiger partial charge is 0.194 e. The van der Waals surface area contributed by atoms with Crippen molar-refractivity contribution in [3.63, 3.8) is 0 Å². The zero-order chi connectivity index (χ0) is 14.2. The standard InChI is InChI=1S/C14H19F3N2/c1-4-9-7-18-14(2,3)8-19(9)10-5-11(15)13(17)12(16)6-10/h5-6,9,18H,4,7-8H2,1-3H3. The topological polar surface area (TPSA) is 15.3 Å². The van der Waals surface area contributed by atoms with E-state index in [2.05, 4.69) is 5.32 Å². The van der Waals surface area contributed by atoms with E-state index < -0.39 is 17.5 Å². The van der Waals surface area contributed by atoms with E-state index in [1.54, 1.807) is 0 Å². The van der Waals surface area contributed by atoms with Crippen molar-refractivity contribution in [3.8, 4) is 0 Å². The van der Waals surface area contributed by atoms with Crippen molar-refractivity contribution >= 4 is 5.69 Å². The van der Waals surface area contributed by atoms with Crippen molar-refractivity contribution in [2.75, 3.05) is 18.0 Å². The highest BCUT2D eigenvalue weighted by atomic mass is 19.2. The number of rotatable bonds is 2. The molecule has 1 saturated heterocycles. The number of benzene rings is 1. The predicted octanol–water partition coefficient (Wildman–Crippen LogP) is 3.07. The zero-order valence-corrected chi connectivity index (χ0v) is 11.4. The molecule has 1 aliphatic rings. The van der Waals surface area contributed by atoms with Crippen LogP contribution in [0.15, 0.2) is 12.1 Å². The second-order valence-corrected chi connectivity index (χ2v) is 5.68. The van der Waals surface area contributed by atoms with Crippen LogP contribution in [0.5, 0.6) is 0 Å². The van der Waals surface area contributed by atoms with Crippen LogP contribution in [0, 0.1) is 17.5 Å². The van der Waals surface area contributed by atoms with Crippen LogP contribution in [-0.2, 0) is 0 Å². The molecule has 106 valence electrons. The van der Waals surface area contributed by atoms with Gasteiger partial charge in [0.05, 0.1) is 0 Å². The Kier molecular flexibility index (Phi) is 3.76. The third kappa shape index (κ3) is 2.86. The predicted molar refractivity (Wildman–Crippen MR) is 69.8 cm³/mol. The molecule has 0 aromatic heterocycles. The van der Waals surface area contributed by atoms with Crippen molar-refractivity contribution in [1.82, 2.24) is 5.32 Å². The second kappa shape index (κ2) is 5.04. The molecule has 1 heterocycles. The van der Waals surface area contributed by atoms with Crippen LogP contribution in [0.1, 0.15) is 27.2 Å². The molecule has 5 heteroatoms. The molecule has 2 nitrogen and oxygen atoms in total. The summed E-state index contributed by atoms with van der Waals surface area (Å²) in [5.41, 5.74) is 0.255. The van der Waals surface area contributed by atoms with E-state index in [1.807, 2.05) is 25.7 Å². The number of halogens is 3. The Balaban J connectivity index is 2.37. The van der Waals surface area contributed by atoms with Gasteiger partial charge in [-0.1, -0.05) is 6.92 Å². The molecular weight excluding hydrogens is 253 g/mol. The molecule has 1 N–H and O–H groups in total. The fraction of sp³-hybridized carbons (Fsp3) is 0.571. The van der Waals surface area contributed by atoms with Gasteiger partial charge in [0.1, 0.15) is 0 Å². The van der Waals surface area contributed by atoms with E-state index in [9.17, 15) is 13.2 Å². The Labute approximate surface area is 111 Å². The van der Waals surface area contributed by atoms with Gasteiger partial charge in [-0.2, -0.15) is 0 Å². The normalized spacial score (nSPS) is 22.6. The van der Waals surface area contributed by atoms with Gasteiger partial charge in [0, 0.05) is 42.5 Å². The maximum Gasteiger partial charge on any atom is 0.194 e.